The molecule has 2 aromatic rings. The normalized spacial score (nSPS) is 20.1. The maximum Gasteiger partial charge on any atom is 0.257 e. The Balaban J connectivity index is 1.69. The van der Waals surface area contributed by atoms with E-state index in [1.54, 1.807) is 12.1 Å². The van der Waals surface area contributed by atoms with Crippen molar-refractivity contribution < 1.29 is 13.9 Å². The Bertz CT molecular complexity index is 769. The van der Waals surface area contributed by atoms with Crippen LogP contribution in [0.3, 0.4) is 0 Å². The highest BCUT2D eigenvalue weighted by molar-refractivity contribution is 6.34. The molecule has 132 valence electrons. The van der Waals surface area contributed by atoms with E-state index in [1.165, 1.54) is 12.1 Å². The van der Waals surface area contributed by atoms with Gasteiger partial charge in [-0.25, -0.2) is 4.39 Å². The Morgan fingerprint density at radius 3 is 2.92 bits per heavy atom. The lowest BCUT2D eigenvalue weighted by atomic mass is 9.98. The van der Waals surface area contributed by atoms with Crippen LogP contribution in [0.5, 0.6) is 5.75 Å². The second kappa shape index (κ2) is 7.85. The number of piperidine rings is 1. The molecule has 0 aliphatic carbocycles. The van der Waals surface area contributed by atoms with E-state index in [-0.39, 0.29) is 16.7 Å². The molecule has 2 atom stereocenters. The monoisotopic (exact) mass is 362 g/mol. The molecule has 0 bridgehead atoms. The molecule has 4 nitrogen and oxygen atoms in total. The molecule has 1 fully saturated rings. The maximum absolute atomic E-state index is 13.1. The molecule has 3 rings (SSSR count). The van der Waals surface area contributed by atoms with Crippen LogP contribution in [0.2, 0.25) is 5.02 Å². The summed E-state index contributed by atoms with van der Waals surface area (Å²) in [5, 5.41) is 6.19. The molecule has 0 unspecified atom stereocenters. The van der Waals surface area contributed by atoms with E-state index < -0.39 is 11.7 Å². The highest BCUT2D eigenvalue weighted by Crippen LogP contribution is 2.24. The van der Waals surface area contributed by atoms with E-state index in [0.717, 1.165) is 25.6 Å². The van der Waals surface area contributed by atoms with Gasteiger partial charge in [-0.05, 0) is 43.3 Å². The van der Waals surface area contributed by atoms with Gasteiger partial charge in [-0.15, -0.1) is 0 Å². The van der Waals surface area contributed by atoms with Crippen molar-refractivity contribution in [3.8, 4) is 5.75 Å². The van der Waals surface area contributed by atoms with Gasteiger partial charge in [0.1, 0.15) is 17.7 Å². The predicted octanol–water partition coefficient (Wildman–Crippen LogP) is 4.11. The van der Waals surface area contributed by atoms with Gasteiger partial charge in [0, 0.05) is 24.2 Å². The molecule has 0 aromatic heterocycles. The van der Waals surface area contributed by atoms with Crippen LogP contribution in [0.1, 0.15) is 23.7 Å². The van der Waals surface area contributed by atoms with Gasteiger partial charge in [0.25, 0.3) is 5.91 Å². The molecule has 2 aromatic carbocycles. The van der Waals surface area contributed by atoms with E-state index in [2.05, 4.69) is 17.6 Å². The van der Waals surface area contributed by atoms with Gasteiger partial charge >= 0.3 is 0 Å². The Morgan fingerprint density at radius 1 is 1.32 bits per heavy atom. The summed E-state index contributed by atoms with van der Waals surface area (Å²) in [6.07, 6.45) is 1.10. The van der Waals surface area contributed by atoms with E-state index in [1.807, 2.05) is 12.1 Å². The molecule has 25 heavy (non-hydrogen) atoms. The first-order valence-electron chi connectivity index (χ1n) is 8.27. The maximum atomic E-state index is 13.1. The fraction of sp³-hybridized carbons (Fsp3) is 0.316. The van der Waals surface area contributed by atoms with Gasteiger partial charge in [-0.3, -0.25) is 4.79 Å². The fourth-order valence-corrected chi connectivity index (χ4v) is 3.11. The van der Waals surface area contributed by atoms with Crippen molar-refractivity contribution in [2.45, 2.75) is 19.4 Å². The first-order valence-corrected chi connectivity index (χ1v) is 8.64. The number of hydrogen-bond donors (Lipinski definition) is 2. The zero-order valence-corrected chi connectivity index (χ0v) is 14.6. The van der Waals surface area contributed by atoms with Gasteiger partial charge in [-0.2, -0.15) is 0 Å². The van der Waals surface area contributed by atoms with Crippen molar-refractivity contribution in [3.63, 3.8) is 0 Å². The summed E-state index contributed by atoms with van der Waals surface area (Å²) in [6, 6.07) is 10.9. The van der Waals surface area contributed by atoms with Crippen LogP contribution in [0.4, 0.5) is 10.1 Å². The highest BCUT2D eigenvalue weighted by atomic mass is 35.5. The second-order valence-corrected chi connectivity index (χ2v) is 6.64. The lowest BCUT2D eigenvalue weighted by Crippen LogP contribution is -2.41. The lowest BCUT2D eigenvalue weighted by molar-refractivity contribution is 0.102. The number of ether oxygens (including phenoxy) is 1. The van der Waals surface area contributed by atoms with Crippen LogP contribution >= 0.6 is 11.6 Å². The number of carbonyl (C=O) groups is 1. The summed E-state index contributed by atoms with van der Waals surface area (Å²) in [7, 11) is 0. The molecule has 1 saturated heterocycles. The summed E-state index contributed by atoms with van der Waals surface area (Å²) in [5.41, 5.74) is 0.825. The minimum absolute atomic E-state index is 0.0773. The summed E-state index contributed by atoms with van der Waals surface area (Å²) in [6.45, 7) is 4.03. The quantitative estimate of drug-likeness (QED) is 0.860. The highest BCUT2D eigenvalue weighted by Gasteiger charge is 2.22. The zero-order valence-electron chi connectivity index (χ0n) is 13.9. The summed E-state index contributed by atoms with van der Waals surface area (Å²) >= 11 is 5.94. The van der Waals surface area contributed by atoms with E-state index in [4.69, 9.17) is 16.3 Å². The summed E-state index contributed by atoms with van der Waals surface area (Å²) < 4.78 is 19.2. The molecule has 0 radical (unpaired) electrons. The van der Waals surface area contributed by atoms with Crippen LogP contribution in [0.15, 0.2) is 42.5 Å². The van der Waals surface area contributed by atoms with Gasteiger partial charge in [-0.1, -0.05) is 24.6 Å². The van der Waals surface area contributed by atoms with Crippen LogP contribution < -0.4 is 15.4 Å². The minimum Gasteiger partial charge on any atom is -0.490 e. The van der Waals surface area contributed by atoms with E-state index in [9.17, 15) is 9.18 Å². The van der Waals surface area contributed by atoms with Crippen molar-refractivity contribution in [1.29, 1.82) is 0 Å². The van der Waals surface area contributed by atoms with Crippen molar-refractivity contribution in [1.82, 2.24) is 5.32 Å². The van der Waals surface area contributed by atoms with Gasteiger partial charge in [0.05, 0.1) is 10.6 Å². The van der Waals surface area contributed by atoms with Crippen LogP contribution in [0.25, 0.3) is 0 Å². The van der Waals surface area contributed by atoms with Crippen molar-refractivity contribution in [2.24, 2.45) is 5.92 Å². The standard InChI is InChI=1S/C19H20ClFN2O2/c1-12-11-22-8-7-18(12)25-15-4-2-3-14(10-15)23-19(24)16-6-5-13(21)9-17(16)20/h2-6,9-10,12,18,22H,7-8,11H2,1H3,(H,23,24)/t12-,18+/m0/s1. The number of rotatable bonds is 4. The lowest BCUT2D eigenvalue weighted by Gasteiger charge is -2.30. The number of benzene rings is 2. The SMILES string of the molecule is C[C@H]1CNCC[C@H]1Oc1cccc(NC(=O)c2ccc(F)cc2Cl)c1. The molecule has 6 heteroatoms. The van der Waals surface area contributed by atoms with E-state index >= 15 is 0 Å². The van der Waals surface area contributed by atoms with Crippen molar-refractivity contribution >= 4 is 23.2 Å². The predicted molar refractivity (Wildman–Crippen MR) is 96.9 cm³/mol. The first-order chi connectivity index (χ1) is 12.0. The fourth-order valence-electron chi connectivity index (χ4n) is 2.86. The average Bonchev–Trinajstić information content (AvgIpc) is 2.57. The third kappa shape index (κ3) is 4.50. The smallest absolute Gasteiger partial charge is 0.257 e. The summed E-state index contributed by atoms with van der Waals surface area (Å²) in [5.74, 6) is 0.261. The molecule has 1 amide bonds. The van der Waals surface area contributed by atoms with E-state index in [0.29, 0.717) is 17.4 Å². The topological polar surface area (TPSA) is 50.4 Å². The van der Waals surface area contributed by atoms with Crippen LogP contribution in [0, 0.1) is 11.7 Å². The van der Waals surface area contributed by atoms with Gasteiger partial charge in [0.15, 0.2) is 0 Å². The zero-order chi connectivity index (χ0) is 17.8. The number of anilines is 1. The Kier molecular flexibility index (Phi) is 5.56. The van der Waals surface area contributed by atoms with Gasteiger partial charge < -0.3 is 15.4 Å². The molecule has 1 aliphatic rings. The van der Waals surface area contributed by atoms with Crippen molar-refractivity contribution in [3.05, 3.63) is 58.9 Å². The molecule has 1 aliphatic heterocycles. The number of halogens is 2. The third-order valence-corrected chi connectivity index (χ3v) is 4.57. The third-order valence-electron chi connectivity index (χ3n) is 4.26. The van der Waals surface area contributed by atoms with Crippen LogP contribution in [-0.2, 0) is 0 Å². The molecule has 1 heterocycles. The molecule has 0 spiro atoms. The second-order valence-electron chi connectivity index (χ2n) is 6.23. The largest absolute Gasteiger partial charge is 0.490 e. The Morgan fingerprint density at radius 2 is 2.16 bits per heavy atom. The van der Waals surface area contributed by atoms with Crippen LogP contribution in [-0.4, -0.2) is 25.1 Å². The first kappa shape index (κ1) is 17.7. The number of hydrogen-bond acceptors (Lipinski definition) is 3. The van der Waals surface area contributed by atoms with Crippen molar-refractivity contribution in [2.75, 3.05) is 18.4 Å². The molecule has 2 N–H and O–H groups in total. The minimum atomic E-state index is -0.479. The average molecular weight is 363 g/mol. The number of amides is 1. The van der Waals surface area contributed by atoms with Gasteiger partial charge in [0.2, 0.25) is 0 Å². The number of carbonyl (C=O) groups excluding carboxylic acids is 1. The summed E-state index contributed by atoms with van der Waals surface area (Å²) in [4.78, 5) is 12.3. The Hall–Kier alpha value is -2.11. The molecular formula is C19H20ClFN2O2. The molecular weight excluding hydrogens is 343 g/mol. The number of nitrogens with one attached hydrogen (secondary N) is 2. The Labute approximate surface area is 151 Å². The molecule has 0 saturated carbocycles.